The van der Waals surface area contributed by atoms with Crippen molar-refractivity contribution in [1.29, 1.82) is 0 Å². The Balaban J connectivity index is 1.79. The third kappa shape index (κ3) is 8.05. The molecule has 0 heterocycles. The number of hydrogen-bond donors (Lipinski definition) is 1. The minimum absolute atomic E-state index is 0.0660. The van der Waals surface area contributed by atoms with Crippen LogP contribution in [0.15, 0.2) is 114 Å². The highest BCUT2D eigenvalue weighted by atomic mass is 32.2. The molecule has 230 valence electrons. The molecular formula is C35H39N3O5S. The normalized spacial score (nSPS) is 11.8. The molecule has 2 amide bonds. The van der Waals surface area contributed by atoms with Gasteiger partial charge in [-0.1, -0.05) is 79.7 Å². The van der Waals surface area contributed by atoms with E-state index in [1.807, 2.05) is 68.4 Å². The lowest BCUT2D eigenvalue weighted by molar-refractivity contribution is -0.140. The Morgan fingerprint density at radius 2 is 1.43 bits per heavy atom. The number of methoxy groups -OCH3 is 1. The van der Waals surface area contributed by atoms with E-state index in [1.165, 1.54) is 17.0 Å². The van der Waals surface area contributed by atoms with Gasteiger partial charge in [0.15, 0.2) is 0 Å². The van der Waals surface area contributed by atoms with Gasteiger partial charge in [0.1, 0.15) is 18.3 Å². The Bertz CT molecular complexity index is 1630. The molecule has 0 unspecified atom stereocenters. The number of benzene rings is 4. The zero-order valence-electron chi connectivity index (χ0n) is 25.3. The van der Waals surface area contributed by atoms with E-state index in [4.69, 9.17) is 4.74 Å². The van der Waals surface area contributed by atoms with Crippen LogP contribution in [0, 0.1) is 0 Å². The highest BCUT2D eigenvalue weighted by molar-refractivity contribution is 7.92. The number of ether oxygens (including phenoxy) is 1. The van der Waals surface area contributed by atoms with Gasteiger partial charge in [0, 0.05) is 19.5 Å². The summed E-state index contributed by atoms with van der Waals surface area (Å²) in [5.74, 6) is -0.228. The first kappa shape index (κ1) is 32.3. The number of amides is 2. The largest absolute Gasteiger partial charge is 0.497 e. The Morgan fingerprint density at radius 3 is 2.05 bits per heavy atom. The molecule has 0 bridgehead atoms. The van der Waals surface area contributed by atoms with E-state index in [1.54, 1.807) is 49.6 Å². The molecule has 1 N–H and O–H groups in total. The standard InChI is InChI=1S/C35H39N3O5S/c1-4-27-19-21-30(22-20-27)38(44(41,42)32-17-10-7-11-18-32)26-34(39)37(25-29-15-12-16-31(23-29)43-3)33(35(40)36-5-2)24-28-13-8-6-9-14-28/h6-23,33H,4-5,24-26H2,1-3H3,(H,36,40)/t33-/m1/s1. The molecule has 0 aromatic heterocycles. The molecule has 0 saturated carbocycles. The maximum Gasteiger partial charge on any atom is 0.264 e. The van der Waals surface area contributed by atoms with Crippen molar-refractivity contribution in [2.45, 2.75) is 44.2 Å². The maximum absolute atomic E-state index is 14.4. The number of aryl methyl sites for hydroxylation is 1. The number of hydrogen-bond acceptors (Lipinski definition) is 5. The summed E-state index contributed by atoms with van der Waals surface area (Å²) in [6.07, 6.45) is 1.03. The van der Waals surface area contributed by atoms with Gasteiger partial charge in [-0.2, -0.15) is 0 Å². The monoisotopic (exact) mass is 613 g/mol. The van der Waals surface area contributed by atoms with Gasteiger partial charge in [-0.05, 0) is 66.4 Å². The topological polar surface area (TPSA) is 96.0 Å². The van der Waals surface area contributed by atoms with Crippen molar-refractivity contribution in [2.75, 3.05) is 24.5 Å². The number of carbonyl (C=O) groups is 2. The smallest absolute Gasteiger partial charge is 0.264 e. The van der Waals surface area contributed by atoms with Gasteiger partial charge >= 0.3 is 0 Å². The van der Waals surface area contributed by atoms with Crippen LogP contribution in [-0.4, -0.2) is 51.4 Å². The first-order valence-electron chi connectivity index (χ1n) is 14.7. The van der Waals surface area contributed by atoms with E-state index >= 15 is 0 Å². The predicted molar refractivity (Wildman–Crippen MR) is 173 cm³/mol. The quantitative estimate of drug-likeness (QED) is 0.210. The molecule has 0 radical (unpaired) electrons. The lowest BCUT2D eigenvalue weighted by Gasteiger charge is -2.34. The fraction of sp³-hybridized carbons (Fsp3) is 0.257. The summed E-state index contributed by atoms with van der Waals surface area (Å²) < 4.78 is 34.6. The Hall–Kier alpha value is -4.63. The van der Waals surface area contributed by atoms with Crippen LogP contribution < -0.4 is 14.4 Å². The minimum Gasteiger partial charge on any atom is -0.497 e. The molecule has 9 heteroatoms. The van der Waals surface area contributed by atoms with Crippen molar-refractivity contribution in [3.63, 3.8) is 0 Å². The Morgan fingerprint density at radius 1 is 0.795 bits per heavy atom. The number of rotatable bonds is 14. The van der Waals surface area contributed by atoms with Crippen LogP contribution in [0.25, 0.3) is 0 Å². The molecule has 1 atom stereocenters. The van der Waals surface area contributed by atoms with E-state index in [-0.39, 0.29) is 23.8 Å². The van der Waals surface area contributed by atoms with Gasteiger partial charge in [-0.25, -0.2) is 8.42 Å². The lowest BCUT2D eigenvalue weighted by Crippen LogP contribution is -2.53. The van der Waals surface area contributed by atoms with Crippen molar-refractivity contribution in [3.8, 4) is 5.75 Å². The Labute approximate surface area is 260 Å². The van der Waals surface area contributed by atoms with Crippen LogP contribution in [0.4, 0.5) is 5.69 Å². The summed E-state index contributed by atoms with van der Waals surface area (Å²) in [6, 6.07) is 31.0. The first-order valence-corrected chi connectivity index (χ1v) is 16.1. The maximum atomic E-state index is 14.4. The number of nitrogens with zero attached hydrogens (tertiary/aromatic N) is 2. The van der Waals surface area contributed by atoms with E-state index in [0.29, 0.717) is 18.0 Å². The molecule has 44 heavy (non-hydrogen) atoms. The second kappa shape index (κ2) is 15.2. The molecule has 8 nitrogen and oxygen atoms in total. The zero-order chi connectivity index (χ0) is 31.5. The Kier molecular flexibility index (Phi) is 11.2. The first-order chi connectivity index (χ1) is 21.3. The highest BCUT2D eigenvalue weighted by Crippen LogP contribution is 2.26. The number of anilines is 1. The molecule has 0 aliphatic heterocycles. The van der Waals surface area contributed by atoms with Gasteiger partial charge in [0.05, 0.1) is 17.7 Å². The number of likely N-dealkylation sites (N-methyl/N-ethyl adjacent to an activating group) is 1. The van der Waals surface area contributed by atoms with Crippen LogP contribution in [0.3, 0.4) is 0 Å². The molecule has 0 saturated heterocycles. The van der Waals surface area contributed by atoms with Gasteiger partial charge in [-0.3, -0.25) is 13.9 Å². The number of carbonyl (C=O) groups excluding carboxylic acids is 2. The average molecular weight is 614 g/mol. The number of sulfonamides is 1. The van der Waals surface area contributed by atoms with Gasteiger partial charge in [0.2, 0.25) is 11.8 Å². The van der Waals surface area contributed by atoms with Crippen molar-refractivity contribution in [2.24, 2.45) is 0 Å². The van der Waals surface area contributed by atoms with Crippen LogP contribution >= 0.6 is 0 Å². The molecule has 4 aromatic rings. The molecule has 0 spiro atoms. The van der Waals surface area contributed by atoms with E-state index < -0.39 is 28.5 Å². The zero-order valence-corrected chi connectivity index (χ0v) is 26.2. The summed E-state index contributed by atoms with van der Waals surface area (Å²) in [5, 5.41) is 2.87. The molecule has 0 aliphatic rings. The minimum atomic E-state index is -4.14. The van der Waals surface area contributed by atoms with Crippen molar-refractivity contribution in [3.05, 3.63) is 126 Å². The van der Waals surface area contributed by atoms with E-state index in [9.17, 15) is 18.0 Å². The second-order valence-corrected chi connectivity index (χ2v) is 12.2. The van der Waals surface area contributed by atoms with Crippen molar-refractivity contribution in [1.82, 2.24) is 10.2 Å². The third-order valence-corrected chi connectivity index (χ3v) is 9.14. The van der Waals surface area contributed by atoms with Crippen LogP contribution in [-0.2, 0) is 39.0 Å². The third-order valence-electron chi connectivity index (χ3n) is 7.35. The highest BCUT2D eigenvalue weighted by Gasteiger charge is 2.34. The van der Waals surface area contributed by atoms with Crippen LogP contribution in [0.1, 0.15) is 30.5 Å². The fourth-order valence-electron chi connectivity index (χ4n) is 4.96. The summed E-state index contributed by atoms with van der Waals surface area (Å²) in [5.41, 5.74) is 3.01. The number of nitrogens with one attached hydrogen (secondary N) is 1. The summed E-state index contributed by atoms with van der Waals surface area (Å²) in [6.45, 7) is 3.78. The molecular weight excluding hydrogens is 574 g/mol. The van der Waals surface area contributed by atoms with Gasteiger partial charge < -0.3 is 15.0 Å². The fourth-order valence-corrected chi connectivity index (χ4v) is 6.40. The average Bonchev–Trinajstić information content (AvgIpc) is 3.06. The van der Waals surface area contributed by atoms with Crippen molar-refractivity contribution >= 4 is 27.5 Å². The second-order valence-electron chi connectivity index (χ2n) is 10.3. The summed E-state index contributed by atoms with van der Waals surface area (Å²) in [4.78, 5) is 29.6. The predicted octanol–water partition coefficient (Wildman–Crippen LogP) is 5.23. The van der Waals surface area contributed by atoms with E-state index in [2.05, 4.69) is 5.32 Å². The van der Waals surface area contributed by atoms with E-state index in [0.717, 1.165) is 27.4 Å². The van der Waals surface area contributed by atoms with Gasteiger partial charge in [-0.15, -0.1) is 0 Å². The molecule has 4 rings (SSSR count). The molecule has 4 aromatic carbocycles. The summed E-state index contributed by atoms with van der Waals surface area (Å²) >= 11 is 0. The lowest BCUT2D eigenvalue weighted by atomic mass is 10.0. The van der Waals surface area contributed by atoms with Gasteiger partial charge in [0.25, 0.3) is 10.0 Å². The van der Waals surface area contributed by atoms with Crippen LogP contribution in [0.2, 0.25) is 0 Å². The molecule has 0 fully saturated rings. The van der Waals surface area contributed by atoms with Crippen LogP contribution in [0.5, 0.6) is 5.75 Å². The van der Waals surface area contributed by atoms with Crippen molar-refractivity contribution < 1.29 is 22.7 Å². The SMILES string of the molecule is CCNC(=O)[C@@H](Cc1ccccc1)N(Cc1cccc(OC)c1)C(=O)CN(c1ccc(CC)cc1)S(=O)(=O)c1ccccc1. The molecule has 0 aliphatic carbocycles. The summed E-state index contributed by atoms with van der Waals surface area (Å²) in [7, 11) is -2.57.